The number of halogens is 1. The van der Waals surface area contributed by atoms with E-state index in [1.807, 2.05) is 6.92 Å². The van der Waals surface area contributed by atoms with Gasteiger partial charge in [-0.25, -0.2) is 13.9 Å². The molecule has 0 fully saturated rings. The summed E-state index contributed by atoms with van der Waals surface area (Å²) in [7, 11) is 0. The second kappa shape index (κ2) is 7.68. The van der Waals surface area contributed by atoms with Gasteiger partial charge in [-0.15, -0.1) is 0 Å². The Bertz CT molecular complexity index is 831. The topological polar surface area (TPSA) is 84.2 Å². The summed E-state index contributed by atoms with van der Waals surface area (Å²) >= 11 is 0. The van der Waals surface area contributed by atoms with E-state index in [0.29, 0.717) is 24.9 Å². The third-order valence-corrected chi connectivity index (χ3v) is 4.65. The number of benzene rings is 1. The number of fused-ring (bicyclic) bond motifs is 1. The molecule has 0 aliphatic heterocycles. The third kappa shape index (κ3) is 3.61. The molecule has 1 aromatic heterocycles. The number of carbonyl (C=O) groups is 2. The standard InChI is InChI=1S/C19H22FN3O3/c1-2-3-9-15(19(25)26)21-18(24)17-14-8-5-10-16(14)23(22-17)13-7-4-6-12(20)11-13/h4,6-7,11,15H,2-3,5,8-10H2,1H3,(H,21,24)(H,25,26)/t15-/m0/s1. The zero-order valence-electron chi connectivity index (χ0n) is 14.7. The first-order valence-corrected chi connectivity index (χ1v) is 8.91. The lowest BCUT2D eigenvalue weighted by molar-refractivity contribution is -0.139. The maximum Gasteiger partial charge on any atom is 0.326 e. The lowest BCUT2D eigenvalue weighted by Gasteiger charge is -2.13. The van der Waals surface area contributed by atoms with Crippen molar-refractivity contribution >= 4 is 11.9 Å². The number of carboxylic acids is 1. The molecule has 0 unspecified atom stereocenters. The Morgan fingerprint density at radius 1 is 1.38 bits per heavy atom. The van der Waals surface area contributed by atoms with E-state index in [1.54, 1.807) is 16.8 Å². The van der Waals surface area contributed by atoms with Gasteiger partial charge in [0.25, 0.3) is 5.91 Å². The molecule has 6 nitrogen and oxygen atoms in total. The van der Waals surface area contributed by atoms with Crippen LogP contribution in [-0.2, 0) is 17.6 Å². The van der Waals surface area contributed by atoms with Crippen LogP contribution in [-0.4, -0.2) is 32.8 Å². The van der Waals surface area contributed by atoms with Gasteiger partial charge in [-0.1, -0.05) is 25.8 Å². The molecule has 2 N–H and O–H groups in total. The van der Waals surface area contributed by atoms with Gasteiger partial charge in [-0.2, -0.15) is 5.10 Å². The van der Waals surface area contributed by atoms with Crippen LogP contribution in [0.1, 0.15) is 54.4 Å². The molecule has 0 saturated carbocycles. The predicted octanol–water partition coefficient (Wildman–Crippen LogP) is 2.87. The molecule has 0 bridgehead atoms. The molecule has 26 heavy (non-hydrogen) atoms. The molecule has 1 heterocycles. The molecule has 1 amide bonds. The SMILES string of the molecule is CCCC[C@H](NC(=O)c1nn(-c2cccc(F)c2)c2c1CCC2)C(=O)O. The molecule has 0 spiro atoms. The molecular weight excluding hydrogens is 337 g/mol. The Labute approximate surface area is 151 Å². The smallest absolute Gasteiger partial charge is 0.326 e. The number of nitrogens with zero attached hydrogens (tertiary/aromatic N) is 2. The number of rotatable bonds is 7. The van der Waals surface area contributed by atoms with Crippen molar-refractivity contribution in [1.29, 1.82) is 0 Å². The van der Waals surface area contributed by atoms with Crippen LogP contribution in [0.5, 0.6) is 0 Å². The Balaban J connectivity index is 1.90. The van der Waals surface area contributed by atoms with Gasteiger partial charge in [0.05, 0.1) is 5.69 Å². The first-order chi connectivity index (χ1) is 12.5. The number of aliphatic carboxylic acids is 1. The maximum absolute atomic E-state index is 13.6. The predicted molar refractivity (Wildman–Crippen MR) is 94.0 cm³/mol. The Hall–Kier alpha value is -2.70. The summed E-state index contributed by atoms with van der Waals surface area (Å²) in [5, 5.41) is 16.3. The monoisotopic (exact) mass is 359 g/mol. The summed E-state index contributed by atoms with van der Waals surface area (Å²) in [6.45, 7) is 1.97. The maximum atomic E-state index is 13.6. The Kier molecular flexibility index (Phi) is 5.35. The van der Waals surface area contributed by atoms with Gasteiger partial charge in [0, 0.05) is 11.3 Å². The van der Waals surface area contributed by atoms with Gasteiger partial charge < -0.3 is 10.4 Å². The van der Waals surface area contributed by atoms with Crippen molar-refractivity contribution in [3.63, 3.8) is 0 Å². The first-order valence-electron chi connectivity index (χ1n) is 8.91. The Morgan fingerprint density at radius 3 is 2.88 bits per heavy atom. The van der Waals surface area contributed by atoms with Crippen molar-refractivity contribution in [3.05, 3.63) is 47.0 Å². The molecule has 1 aliphatic rings. The van der Waals surface area contributed by atoms with Gasteiger partial charge in [-0.05, 0) is 43.9 Å². The van der Waals surface area contributed by atoms with Crippen LogP contribution in [0.15, 0.2) is 24.3 Å². The molecule has 3 rings (SSSR count). The van der Waals surface area contributed by atoms with E-state index in [9.17, 15) is 19.1 Å². The van der Waals surface area contributed by atoms with E-state index in [4.69, 9.17) is 0 Å². The second-order valence-electron chi connectivity index (χ2n) is 6.53. The number of unbranched alkanes of at least 4 members (excludes halogenated alkanes) is 1. The highest BCUT2D eigenvalue weighted by Crippen LogP contribution is 2.28. The van der Waals surface area contributed by atoms with Crippen LogP contribution in [0.3, 0.4) is 0 Å². The van der Waals surface area contributed by atoms with E-state index in [1.165, 1.54) is 12.1 Å². The highest BCUT2D eigenvalue weighted by molar-refractivity contribution is 5.96. The second-order valence-corrected chi connectivity index (χ2v) is 6.53. The number of nitrogens with one attached hydrogen (secondary N) is 1. The molecule has 138 valence electrons. The van der Waals surface area contributed by atoms with Crippen LogP contribution in [0.25, 0.3) is 5.69 Å². The summed E-state index contributed by atoms with van der Waals surface area (Å²) in [5.41, 5.74) is 2.51. The summed E-state index contributed by atoms with van der Waals surface area (Å²) in [6, 6.07) is 5.12. The minimum absolute atomic E-state index is 0.240. The molecule has 0 saturated heterocycles. The van der Waals surface area contributed by atoms with Gasteiger partial charge >= 0.3 is 5.97 Å². The van der Waals surface area contributed by atoms with Crippen molar-refractivity contribution < 1.29 is 19.1 Å². The summed E-state index contributed by atoms with van der Waals surface area (Å²) in [6.07, 6.45) is 4.30. The van der Waals surface area contributed by atoms with Crippen LogP contribution in [0.2, 0.25) is 0 Å². The average molecular weight is 359 g/mol. The quantitative estimate of drug-likeness (QED) is 0.796. The van der Waals surface area contributed by atoms with Gasteiger partial charge in [0.2, 0.25) is 0 Å². The van der Waals surface area contributed by atoms with Crippen molar-refractivity contribution in [3.8, 4) is 5.69 Å². The van der Waals surface area contributed by atoms with Gasteiger partial charge in [0.15, 0.2) is 5.69 Å². The van der Waals surface area contributed by atoms with Gasteiger partial charge in [-0.3, -0.25) is 4.79 Å². The lowest BCUT2D eigenvalue weighted by atomic mass is 10.1. The van der Waals surface area contributed by atoms with Crippen molar-refractivity contribution in [2.45, 2.75) is 51.5 Å². The highest BCUT2D eigenvalue weighted by Gasteiger charge is 2.29. The normalized spacial score (nSPS) is 14.1. The zero-order chi connectivity index (χ0) is 18.7. The van der Waals surface area contributed by atoms with Gasteiger partial charge in [0.1, 0.15) is 11.9 Å². The Morgan fingerprint density at radius 2 is 2.19 bits per heavy atom. The fraction of sp³-hybridized carbons (Fsp3) is 0.421. The van der Waals surface area contributed by atoms with Crippen LogP contribution >= 0.6 is 0 Å². The van der Waals surface area contributed by atoms with Crippen LogP contribution < -0.4 is 5.32 Å². The van der Waals surface area contributed by atoms with Crippen molar-refractivity contribution in [2.24, 2.45) is 0 Å². The summed E-state index contributed by atoms with van der Waals surface area (Å²) in [5.74, 6) is -1.91. The molecular formula is C19H22FN3O3. The van der Waals surface area contributed by atoms with E-state index in [0.717, 1.165) is 30.5 Å². The number of hydrogen-bond donors (Lipinski definition) is 2. The number of carbonyl (C=O) groups excluding carboxylic acids is 1. The van der Waals surface area contributed by atoms with Crippen LogP contribution in [0.4, 0.5) is 4.39 Å². The molecule has 2 aromatic rings. The third-order valence-electron chi connectivity index (χ3n) is 4.65. The molecule has 0 radical (unpaired) electrons. The van der Waals surface area contributed by atoms with Crippen molar-refractivity contribution in [1.82, 2.24) is 15.1 Å². The lowest BCUT2D eigenvalue weighted by Crippen LogP contribution is -2.41. The minimum atomic E-state index is -1.05. The fourth-order valence-corrected chi connectivity index (χ4v) is 3.33. The van der Waals surface area contributed by atoms with Crippen molar-refractivity contribution in [2.75, 3.05) is 0 Å². The zero-order valence-corrected chi connectivity index (χ0v) is 14.7. The van der Waals surface area contributed by atoms with E-state index < -0.39 is 17.9 Å². The highest BCUT2D eigenvalue weighted by atomic mass is 19.1. The van der Waals surface area contributed by atoms with E-state index in [-0.39, 0.29) is 11.5 Å². The fourth-order valence-electron chi connectivity index (χ4n) is 3.33. The summed E-state index contributed by atoms with van der Waals surface area (Å²) in [4.78, 5) is 24.1. The van der Waals surface area contributed by atoms with Crippen LogP contribution in [0, 0.1) is 5.82 Å². The van der Waals surface area contributed by atoms with E-state index >= 15 is 0 Å². The molecule has 7 heteroatoms. The minimum Gasteiger partial charge on any atom is -0.480 e. The number of amides is 1. The largest absolute Gasteiger partial charge is 0.480 e. The number of carboxylic acid groups (broad SMARTS) is 1. The first kappa shape index (κ1) is 18.1. The summed E-state index contributed by atoms with van der Waals surface area (Å²) < 4.78 is 15.2. The number of hydrogen-bond acceptors (Lipinski definition) is 3. The number of aromatic nitrogens is 2. The molecule has 1 aromatic carbocycles. The molecule has 1 atom stereocenters. The average Bonchev–Trinajstić information content (AvgIpc) is 3.20. The molecule has 1 aliphatic carbocycles. The van der Waals surface area contributed by atoms with E-state index in [2.05, 4.69) is 10.4 Å².